The Morgan fingerprint density at radius 1 is 1.19 bits per heavy atom. The zero-order chi connectivity index (χ0) is 18.4. The van der Waals surface area contributed by atoms with Crippen molar-refractivity contribution in [2.45, 2.75) is 32.7 Å². The van der Waals surface area contributed by atoms with Crippen molar-refractivity contribution in [3.63, 3.8) is 0 Å². The second kappa shape index (κ2) is 10.5. The summed E-state index contributed by atoms with van der Waals surface area (Å²) < 4.78 is 0. The monoisotopic (exact) mass is 382 g/mol. The molecule has 0 aliphatic carbocycles. The molecule has 1 unspecified atom stereocenters. The number of hydrogen-bond acceptors (Lipinski definition) is 4. The highest BCUT2D eigenvalue weighted by atomic mass is 35.5. The topological polar surface area (TPSA) is 87.5 Å². The van der Waals surface area contributed by atoms with Gasteiger partial charge in [-0.15, -0.1) is 12.4 Å². The predicted molar refractivity (Wildman–Crippen MR) is 106 cm³/mol. The van der Waals surface area contributed by atoms with Crippen molar-refractivity contribution in [1.82, 2.24) is 15.5 Å². The van der Waals surface area contributed by atoms with Gasteiger partial charge in [-0.3, -0.25) is 15.0 Å². The van der Waals surface area contributed by atoms with Gasteiger partial charge in [-0.25, -0.2) is 4.79 Å². The van der Waals surface area contributed by atoms with Gasteiger partial charge >= 0.3 is 6.03 Å². The Morgan fingerprint density at radius 3 is 2.42 bits per heavy atom. The highest BCUT2D eigenvalue weighted by Gasteiger charge is 2.37. The normalized spacial score (nSPS) is 21.1. The van der Waals surface area contributed by atoms with Gasteiger partial charge in [-0.1, -0.05) is 44.2 Å². The summed E-state index contributed by atoms with van der Waals surface area (Å²) in [6.45, 7) is 8.51. The van der Waals surface area contributed by atoms with Gasteiger partial charge in [0.05, 0.1) is 6.04 Å². The molecular formula is C19H31ClN4O2. The van der Waals surface area contributed by atoms with Gasteiger partial charge in [0.25, 0.3) is 0 Å². The van der Waals surface area contributed by atoms with E-state index in [9.17, 15) is 9.59 Å². The second-order valence-corrected chi connectivity index (χ2v) is 7.24. The first kappa shape index (κ1) is 22.4. The van der Waals surface area contributed by atoms with Crippen LogP contribution in [0.2, 0.25) is 0 Å². The lowest BCUT2D eigenvalue weighted by molar-refractivity contribution is -0.124. The molecule has 0 aromatic heterocycles. The van der Waals surface area contributed by atoms with Gasteiger partial charge in [0, 0.05) is 25.6 Å². The maximum absolute atomic E-state index is 12.4. The number of halogens is 1. The van der Waals surface area contributed by atoms with Crippen LogP contribution >= 0.6 is 12.4 Å². The SMILES string of the molecule is CC(C)CNC(=O)NC(=O)C(C)N1C[C@@H](CN)[C@H](c2ccccc2)C1.Cl. The van der Waals surface area contributed by atoms with Crippen LogP contribution in [0.15, 0.2) is 30.3 Å². The molecule has 4 N–H and O–H groups in total. The Bertz CT molecular complexity index is 582. The molecular weight excluding hydrogens is 352 g/mol. The third-order valence-electron chi connectivity index (χ3n) is 4.83. The smallest absolute Gasteiger partial charge is 0.321 e. The molecule has 3 atom stereocenters. The Labute approximate surface area is 162 Å². The molecule has 146 valence electrons. The van der Waals surface area contributed by atoms with E-state index >= 15 is 0 Å². The third-order valence-corrected chi connectivity index (χ3v) is 4.83. The molecule has 1 aromatic rings. The fourth-order valence-electron chi connectivity index (χ4n) is 3.26. The van der Waals surface area contributed by atoms with E-state index in [1.807, 2.05) is 39.0 Å². The number of benzene rings is 1. The Hall–Kier alpha value is -1.63. The Balaban J connectivity index is 0.00000338. The predicted octanol–water partition coefficient (Wildman–Crippen LogP) is 1.95. The summed E-state index contributed by atoms with van der Waals surface area (Å²) in [5, 5.41) is 5.14. The molecule has 7 heteroatoms. The van der Waals surface area contributed by atoms with E-state index in [0.717, 1.165) is 13.1 Å². The zero-order valence-corrected chi connectivity index (χ0v) is 16.6. The molecule has 0 spiro atoms. The summed E-state index contributed by atoms with van der Waals surface area (Å²) in [4.78, 5) is 26.3. The number of nitrogens with one attached hydrogen (secondary N) is 2. The van der Waals surface area contributed by atoms with Crippen molar-refractivity contribution >= 4 is 24.3 Å². The number of nitrogens with two attached hydrogens (primary N) is 1. The molecule has 1 aliphatic rings. The summed E-state index contributed by atoms with van der Waals surface area (Å²) in [5.74, 6) is 0.697. The van der Waals surface area contributed by atoms with Crippen molar-refractivity contribution in [2.75, 3.05) is 26.2 Å². The third kappa shape index (κ3) is 5.97. The van der Waals surface area contributed by atoms with Crippen LogP contribution in [0.5, 0.6) is 0 Å². The molecule has 1 aromatic carbocycles. The molecule has 1 aliphatic heterocycles. The van der Waals surface area contributed by atoms with Gasteiger partial charge in [-0.05, 0) is 30.9 Å². The summed E-state index contributed by atoms with van der Waals surface area (Å²) in [6, 6.07) is 9.48. The Kier molecular flexibility index (Phi) is 9.05. The molecule has 1 fully saturated rings. The Morgan fingerprint density at radius 2 is 1.85 bits per heavy atom. The number of imide groups is 1. The number of carbonyl (C=O) groups is 2. The van der Waals surface area contributed by atoms with Crippen molar-refractivity contribution < 1.29 is 9.59 Å². The first-order chi connectivity index (χ1) is 11.9. The van der Waals surface area contributed by atoms with Gasteiger partial charge < -0.3 is 11.1 Å². The van der Waals surface area contributed by atoms with E-state index in [2.05, 4.69) is 27.7 Å². The van der Waals surface area contributed by atoms with Crippen LogP contribution in [-0.4, -0.2) is 49.1 Å². The van der Waals surface area contributed by atoms with Gasteiger partial charge in [0.2, 0.25) is 5.91 Å². The maximum atomic E-state index is 12.4. The van der Waals surface area contributed by atoms with E-state index in [1.165, 1.54) is 5.56 Å². The van der Waals surface area contributed by atoms with E-state index in [4.69, 9.17) is 5.73 Å². The van der Waals surface area contributed by atoms with Crippen LogP contribution in [0.25, 0.3) is 0 Å². The van der Waals surface area contributed by atoms with Gasteiger partial charge in [-0.2, -0.15) is 0 Å². The fourth-order valence-corrected chi connectivity index (χ4v) is 3.26. The van der Waals surface area contributed by atoms with E-state index < -0.39 is 6.03 Å². The molecule has 1 heterocycles. The summed E-state index contributed by atoms with van der Waals surface area (Å²) in [6.07, 6.45) is 0. The molecule has 0 bridgehead atoms. The minimum absolute atomic E-state index is 0. The highest BCUT2D eigenvalue weighted by Crippen LogP contribution is 2.32. The quantitative estimate of drug-likeness (QED) is 0.701. The van der Waals surface area contributed by atoms with E-state index in [1.54, 1.807) is 0 Å². The van der Waals surface area contributed by atoms with Crippen LogP contribution in [0.4, 0.5) is 4.79 Å². The average molecular weight is 383 g/mol. The largest absolute Gasteiger partial charge is 0.338 e. The van der Waals surface area contributed by atoms with Crippen LogP contribution in [0, 0.1) is 11.8 Å². The molecule has 0 saturated carbocycles. The average Bonchev–Trinajstić information content (AvgIpc) is 3.04. The molecule has 3 amide bonds. The highest BCUT2D eigenvalue weighted by molar-refractivity contribution is 5.96. The number of hydrogen-bond donors (Lipinski definition) is 3. The molecule has 6 nitrogen and oxygen atoms in total. The molecule has 1 saturated heterocycles. The zero-order valence-electron chi connectivity index (χ0n) is 15.8. The standard InChI is InChI=1S/C19H30N4O2.ClH/c1-13(2)10-21-19(25)22-18(24)14(3)23-11-16(9-20)17(12-23)15-7-5-4-6-8-15;/h4-8,13-14,16-17H,9-12,20H2,1-3H3,(H2,21,22,24,25);1H/t14?,16-,17+;/m1./s1. The molecule has 26 heavy (non-hydrogen) atoms. The van der Waals surface area contributed by atoms with Crippen LogP contribution < -0.4 is 16.4 Å². The van der Waals surface area contributed by atoms with Crippen molar-refractivity contribution in [3.8, 4) is 0 Å². The number of carbonyl (C=O) groups excluding carboxylic acids is 2. The minimum atomic E-state index is -0.431. The van der Waals surface area contributed by atoms with Crippen molar-refractivity contribution in [1.29, 1.82) is 0 Å². The molecule has 0 radical (unpaired) electrons. The number of nitrogens with zero attached hydrogens (tertiary/aromatic N) is 1. The minimum Gasteiger partial charge on any atom is -0.338 e. The number of amides is 3. The maximum Gasteiger partial charge on any atom is 0.321 e. The van der Waals surface area contributed by atoms with Crippen LogP contribution in [0.3, 0.4) is 0 Å². The first-order valence-corrected chi connectivity index (χ1v) is 9.00. The summed E-state index contributed by atoms with van der Waals surface area (Å²) >= 11 is 0. The van der Waals surface area contributed by atoms with E-state index in [0.29, 0.717) is 30.8 Å². The van der Waals surface area contributed by atoms with Gasteiger partial charge in [0.1, 0.15) is 0 Å². The van der Waals surface area contributed by atoms with Crippen LogP contribution in [-0.2, 0) is 4.79 Å². The lowest BCUT2D eigenvalue weighted by Gasteiger charge is -2.23. The lowest BCUT2D eigenvalue weighted by atomic mass is 9.89. The van der Waals surface area contributed by atoms with Crippen molar-refractivity contribution in [2.24, 2.45) is 17.6 Å². The van der Waals surface area contributed by atoms with Crippen LogP contribution in [0.1, 0.15) is 32.3 Å². The molecule has 2 rings (SSSR count). The lowest BCUT2D eigenvalue weighted by Crippen LogP contribution is -2.49. The number of rotatable bonds is 6. The van der Waals surface area contributed by atoms with Crippen molar-refractivity contribution in [3.05, 3.63) is 35.9 Å². The summed E-state index contributed by atoms with van der Waals surface area (Å²) in [7, 11) is 0. The number of likely N-dealkylation sites (tertiary alicyclic amines) is 1. The fraction of sp³-hybridized carbons (Fsp3) is 0.579. The van der Waals surface area contributed by atoms with Gasteiger partial charge in [0.15, 0.2) is 0 Å². The first-order valence-electron chi connectivity index (χ1n) is 9.00. The number of urea groups is 1. The summed E-state index contributed by atoms with van der Waals surface area (Å²) in [5.41, 5.74) is 7.21. The van der Waals surface area contributed by atoms with E-state index in [-0.39, 0.29) is 24.4 Å². The second-order valence-electron chi connectivity index (χ2n) is 7.24.